The lowest BCUT2D eigenvalue weighted by Gasteiger charge is -2.31. The molecule has 122 valence electrons. The van der Waals surface area contributed by atoms with Gasteiger partial charge in [0.2, 0.25) is 0 Å². The predicted molar refractivity (Wildman–Crippen MR) is 93.8 cm³/mol. The number of nitrogens with two attached hydrogens (primary N) is 2. The predicted octanol–water partition coefficient (Wildman–Crippen LogP) is 2.02. The van der Waals surface area contributed by atoms with E-state index in [9.17, 15) is 0 Å². The Hall–Kier alpha value is -2.21. The minimum atomic E-state index is 0.275. The molecule has 0 aromatic carbocycles. The van der Waals surface area contributed by atoms with Crippen molar-refractivity contribution in [2.45, 2.75) is 38.6 Å². The summed E-state index contributed by atoms with van der Waals surface area (Å²) < 4.78 is 0. The molecule has 23 heavy (non-hydrogen) atoms. The van der Waals surface area contributed by atoms with Crippen LogP contribution < -0.4 is 16.4 Å². The highest BCUT2D eigenvalue weighted by atomic mass is 15.2. The molecule has 6 nitrogen and oxygen atoms in total. The Morgan fingerprint density at radius 3 is 2.61 bits per heavy atom. The molecular weight excluding hydrogens is 288 g/mol. The van der Waals surface area contributed by atoms with Gasteiger partial charge in [-0.15, -0.1) is 0 Å². The highest BCUT2D eigenvalue weighted by molar-refractivity contribution is 6.14. The van der Waals surface area contributed by atoms with Crippen molar-refractivity contribution >= 4 is 17.3 Å². The van der Waals surface area contributed by atoms with E-state index in [-0.39, 0.29) is 6.04 Å². The summed E-state index contributed by atoms with van der Waals surface area (Å²) in [6, 6.07) is 0.275. The first-order chi connectivity index (χ1) is 11.1. The van der Waals surface area contributed by atoms with Crippen LogP contribution in [0.3, 0.4) is 0 Å². The van der Waals surface area contributed by atoms with Crippen LogP contribution in [-0.2, 0) is 0 Å². The summed E-state index contributed by atoms with van der Waals surface area (Å²) in [4.78, 5) is 11.1. The van der Waals surface area contributed by atoms with E-state index in [1.165, 1.54) is 0 Å². The number of nitrogen functional groups attached to an aromatic ring is 1. The molecule has 0 amide bonds. The van der Waals surface area contributed by atoms with Gasteiger partial charge in [0.1, 0.15) is 11.5 Å². The number of hydrogen-bond donors (Lipinski definition) is 3. The lowest BCUT2D eigenvalue weighted by Crippen LogP contribution is -2.40. The van der Waals surface area contributed by atoms with Crippen LogP contribution in [-0.4, -0.2) is 34.8 Å². The number of nitrogens with zero attached hydrogens (tertiary/aromatic N) is 3. The second-order valence-corrected chi connectivity index (χ2v) is 6.24. The van der Waals surface area contributed by atoms with Gasteiger partial charge >= 0.3 is 0 Å². The topological polar surface area (TPSA) is 105 Å². The number of allylic oxidation sites excluding steroid dienone is 4. The van der Waals surface area contributed by atoms with Gasteiger partial charge in [0.05, 0.1) is 11.9 Å². The number of nitrogens with one attached hydrogen (secondary N) is 1. The number of rotatable bonds is 3. The molecule has 3 rings (SSSR count). The molecule has 0 unspecified atom stereocenters. The van der Waals surface area contributed by atoms with Crippen molar-refractivity contribution in [2.75, 3.05) is 23.7 Å². The Kier molecular flexibility index (Phi) is 4.43. The SMILES string of the molecule is CC1=CCCC=C1C(=N)c1ncc(N2CCC(N)CC2)nc1N. The van der Waals surface area contributed by atoms with Crippen molar-refractivity contribution < 1.29 is 0 Å². The normalized spacial score (nSPS) is 19.3. The molecule has 1 aromatic heterocycles. The summed E-state index contributed by atoms with van der Waals surface area (Å²) in [6.45, 7) is 3.77. The highest BCUT2D eigenvalue weighted by Gasteiger charge is 2.21. The fraction of sp³-hybridized carbons (Fsp3) is 0.471. The molecular formula is C17H24N6. The van der Waals surface area contributed by atoms with Crippen LogP contribution in [0.15, 0.2) is 29.5 Å². The maximum atomic E-state index is 8.42. The zero-order valence-corrected chi connectivity index (χ0v) is 13.5. The molecule has 6 heteroatoms. The van der Waals surface area contributed by atoms with E-state index in [2.05, 4.69) is 27.0 Å². The van der Waals surface area contributed by atoms with E-state index in [1.807, 2.05) is 6.92 Å². The van der Waals surface area contributed by atoms with E-state index in [1.54, 1.807) is 6.20 Å². The van der Waals surface area contributed by atoms with Crippen molar-refractivity contribution in [3.63, 3.8) is 0 Å². The fourth-order valence-corrected chi connectivity index (χ4v) is 3.09. The van der Waals surface area contributed by atoms with Crippen LogP contribution in [0.25, 0.3) is 0 Å². The van der Waals surface area contributed by atoms with E-state index >= 15 is 0 Å². The van der Waals surface area contributed by atoms with E-state index in [4.69, 9.17) is 16.9 Å². The quantitative estimate of drug-likeness (QED) is 0.741. The third kappa shape index (κ3) is 3.27. The van der Waals surface area contributed by atoms with Gasteiger partial charge in [-0.05, 0) is 38.2 Å². The summed E-state index contributed by atoms with van der Waals surface area (Å²) >= 11 is 0. The van der Waals surface area contributed by atoms with Crippen molar-refractivity contribution in [1.29, 1.82) is 5.41 Å². The Labute approximate surface area is 136 Å². The first-order valence-corrected chi connectivity index (χ1v) is 8.16. The van der Waals surface area contributed by atoms with Crippen molar-refractivity contribution in [1.82, 2.24) is 9.97 Å². The minimum Gasteiger partial charge on any atom is -0.382 e. The van der Waals surface area contributed by atoms with Gasteiger partial charge in [-0.2, -0.15) is 0 Å². The Morgan fingerprint density at radius 2 is 1.96 bits per heavy atom. The summed E-state index contributed by atoms with van der Waals surface area (Å²) in [7, 11) is 0. The molecule has 1 aliphatic heterocycles. The van der Waals surface area contributed by atoms with Gasteiger partial charge in [-0.1, -0.05) is 12.2 Å². The minimum absolute atomic E-state index is 0.275. The van der Waals surface area contributed by atoms with Crippen LogP contribution in [0.5, 0.6) is 0 Å². The Morgan fingerprint density at radius 1 is 1.26 bits per heavy atom. The summed E-state index contributed by atoms with van der Waals surface area (Å²) in [6.07, 6.45) is 9.84. The monoisotopic (exact) mass is 312 g/mol. The maximum absolute atomic E-state index is 8.42. The van der Waals surface area contributed by atoms with E-state index < -0.39 is 0 Å². The summed E-state index contributed by atoms with van der Waals surface area (Å²) in [5.41, 5.74) is 14.9. The van der Waals surface area contributed by atoms with E-state index in [0.717, 1.165) is 55.7 Å². The zero-order valence-electron chi connectivity index (χ0n) is 13.5. The van der Waals surface area contributed by atoms with Gasteiger partial charge in [-0.3, -0.25) is 5.41 Å². The van der Waals surface area contributed by atoms with E-state index in [0.29, 0.717) is 17.2 Å². The van der Waals surface area contributed by atoms with Crippen molar-refractivity contribution in [3.8, 4) is 0 Å². The lowest BCUT2D eigenvalue weighted by molar-refractivity contribution is 0.498. The van der Waals surface area contributed by atoms with Gasteiger partial charge in [0, 0.05) is 24.7 Å². The van der Waals surface area contributed by atoms with Crippen molar-refractivity contribution in [3.05, 3.63) is 35.2 Å². The van der Waals surface area contributed by atoms with Crippen LogP contribution in [0.4, 0.5) is 11.6 Å². The zero-order chi connectivity index (χ0) is 16.4. The molecule has 5 N–H and O–H groups in total. The van der Waals surface area contributed by atoms with Gasteiger partial charge in [-0.25, -0.2) is 9.97 Å². The Bertz CT molecular complexity index is 668. The number of piperidine rings is 1. The van der Waals surface area contributed by atoms with Crippen molar-refractivity contribution in [2.24, 2.45) is 5.73 Å². The van der Waals surface area contributed by atoms with Gasteiger partial charge < -0.3 is 16.4 Å². The molecule has 1 saturated heterocycles. The largest absolute Gasteiger partial charge is 0.382 e. The Balaban J connectivity index is 1.81. The molecule has 0 radical (unpaired) electrons. The second-order valence-electron chi connectivity index (χ2n) is 6.24. The molecule has 2 heterocycles. The van der Waals surface area contributed by atoms with Crippen LogP contribution in [0.1, 0.15) is 38.3 Å². The fourth-order valence-electron chi connectivity index (χ4n) is 3.09. The second kappa shape index (κ2) is 6.50. The standard InChI is InChI=1S/C17H24N6/c1-11-4-2-3-5-13(11)15(19)16-17(20)22-14(10-21-16)23-8-6-12(18)7-9-23/h4-5,10,12,19H,2-3,6-9,18H2,1H3,(H2,20,22). The average Bonchev–Trinajstić information content (AvgIpc) is 2.55. The van der Waals surface area contributed by atoms with Gasteiger partial charge in [0.25, 0.3) is 0 Å². The lowest BCUT2D eigenvalue weighted by atomic mass is 9.93. The van der Waals surface area contributed by atoms with Crippen LogP contribution in [0, 0.1) is 5.41 Å². The molecule has 0 saturated carbocycles. The maximum Gasteiger partial charge on any atom is 0.154 e. The first kappa shape index (κ1) is 15.7. The average molecular weight is 312 g/mol. The molecule has 0 spiro atoms. The molecule has 1 aliphatic carbocycles. The molecule has 2 aliphatic rings. The van der Waals surface area contributed by atoms with Gasteiger partial charge in [0.15, 0.2) is 5.82 Å². The third-order valence-electron chi connectivity index (χ3n) is 4.55. The third-order valence-corrected chi connectivity index (χ3v) is 4.55. The first-order valence-electron chi connectivity index (χ1n) is 8.16. The molecule has 1 aromatic rings. The number of anilines is 2. The number of hydrogen-bond acceptors (Lipinski definition) is 6. The summed E-state index contributed by atoms with van der Waals surface area (Å²) in [5, 5.41) is 8.42. The van der Waals surface area contributed by atoms with Crippen LogP contribution in [0.2, 0.25) is 0 Å². The molecule has 1 fully saturated rings. The summed E-state index contributed by atoms with van der Waals surface area (Å²) in [5.74, 6) is 1.09. The molecule has 0 atom stereocenters. The highest BCUT2D eigenvalue weighted by Crippen LogP contribution is 2.25. The molecule has 0 bridgehead atoms. The van der Waals surface area contributed by atoms with Crippen LogP contribution >= 0.6 is 0 Å². The number of aromatic nitrogens is 2. The smallest absolute Gasteiger partial charge is 0.154 e.